The molecule has 1 N–H and O–H groups in total. The molecule has 0 radical (unpaired) electrons. The number of benzene rings is 2. The molecule has 1 saturated heterocycles. The Morgan fingerprint density at radius 2 is 1.88 bits per heavy atom. The molecule has 5 rings (SSSR count). The van der Waals surface area contributed by atoms with E-state index >= 15 is 0 Å². The highest BCUT2D eigenvalue weighted by Gasteiger charge is 2.34. The first-order valence-corrected chi connectivity index (χ1v) is 9.44. The van der Waals surface area contributed by atoms with E-state index in [2.05, 4.69) is 34.1 Å². The fraction of sp³-hybridized carbons (Fsp3) is 0.286. The Morgan fingerprint density at radius 3 is 2.73 bits per heavy atom. The molecule has 3 aromatic rings. The zero-order valence-electron chi connectivity index (χ0n) is 14.4. The summed E-state index contributed by atoms with van der Waals surface area (Å²) in [6.07, 6.45) is 0.990. The summed E-state index contributed by atoms with van der Waals surface area (Å²) in [5.41, 5.74) is 4.68. The zero-order valence-corrected chi connectivity index (χ0v) is 15.2. The minimum absolute atomic E-state index is 0.103. The molecule has 0 bridgehead atoms. The maximum Gasteiger partial charge on any atom is 0.253 e. The molecule has 1 atom stereocenters. The predicted molar refractivity (Wildman–Crippen MR) is 104 cm³/mol. The van der Waals surface area contributed by atoms with Crippen LogP contribution in [-0.2, 0) is 13.0 Å². The third kappa shape index (κ3) is 2.61. The predicted octanol–water partition coefficient (Wildman–Crippen LogP) is 3.70. The largest absolute Gasteiger partial charge is 0.357 e. The number of piperazine rings is 1. The highest BCUT2D eigenvalue weighted by molar-refractivity contribution is 6.30. The number of rotatable bonds is 1. The second-order valence-electron chi connectivity index (χ2n) is 7.21. The zero-order chi connectivity index (χ0) is 17.7. The van der Waals surface area contributed by atoms with Crippen LogP contribution in [-0.4, -0.2) is 46.4 Å². The van der Waals surface area contributed by atoms with Gasteiger partial charge < -0.3 is 9.88 Å². The molecule has 1 amide bonds. The van der Waals surface area contributed by atoms with Crippen molar-refractivity contribution in [3.8, 4) is 0 Å². The van der Waals surface area contributed by atoms with Crippen molar-refractivity contribution in [2.75, 3.05) is 19.6 Å². The number of aromatic amines is 1. The van der Waals surface area contributed by atoms with Crippen LogP contribution in [0.1, 0.15) is 21.6 Å². The van der Waals surface area contributed by atoms with Crippen molar-refractivity contribution >= 4 is 28.4 Å². The second kappa shape index (κ2) is 6.15. The quantitative estimate of drug-likeness (QED) is 0.714. The monoisotopic (exact) mass is 365 g/mol. The molecule has 26 heavy (non-hydrogen) atoms. The Balaban J connectivity index is 1.39. The Bertz CT molecular complexity index is 979. The van der Waals surface area contributed by atoms with E-state index in [1.165, 1.54) is 22.2 Å². The van der Waals surface area contributed by atoms with Crippen LogP contribution in [0.25, 0.3) is 10.9 Å². The van der Waals surface area contributed by atoms with E-state index in [4.69, 9.17) is 11.6 Å². The van der Waals surface area contributed by atoms with E-state index in [1.54, 1.807) is 12.1 Å². The van der Waals surface area contributed by atoms with E-state index in [0.29, 0.717) is 16.6 Å². The van der Waals surface area contributed by atoms with Gasteiger partial charge in [0.05, 0.1) is 0 Å². The van der Waals surface area contributed by atoms with E-state index in [0.717, 1.165) is 32.6 Å². The summed E-state index contributed by atoms with van der Waals surface area (Å²) in [4.78, 5) is 20.9. The topological polar surface area (TPSA) is 39.3 Å². The van der Waals surface area contributed by atoms with Crippen LogP contribution in [0.4, 0.5) is 0 Å². The first-order chi connectivity index (χ1) is 12.7. The summed E-state index contributed by atoms with van der Waals surface area (Å²) in [7, 11) is 0. The summed E-state index contributed by atoms with van der Waals surface area (Å²) < 4.78 is 0. The number of nitrogens with zero attached hydrogens (tertiary/aromatic N) is 2. The molecule has 4 nitrogen and oxygen atoms in total. The minimum atomic E-state index is 0.103. The normalized spacial score (nSPS) is 20.0. The number of aromatic nitrogens is 1. The van der Waals surface area contributed by atoms with Gasteiger partial charge in [0.15, 0.2) is 0 Å². The highest BCUT2D eigenvalue weighted by atomic mass is 35.5. The molecule has 1 unspecified atom stereocenters. The van der Waals surface area contributed by atoms with Gasteiger partial charge in [0.1, 0.15) is 0 Å². The fourth-order valence-electron chi connectivity index (χ4n) is 4.32. The SMILES string of the molecule is O=C(c1ccc(Cl)cc1)N1CCN2Cc3[nH]c4ccccc4c3CC2C1. The minimum Gasteiger partial charge on any atom is -0.357 e. The molecule has 3 heterocycles. The van der Waals surface area contributed by atoms with Gasteiger partial charge in [0, 0.05) is 59.4 Å². The molecule has 132 valence electrons. The van der Waals surface area contributed by atoms with E-state index < -0.39 is 0 Å². The summed E-state index contributed by atoms with van der Waals surface area (Å²) in [6, 6.07) is 16.1. The van der Waals surface area contributed by atoms with Crippen molar-refractivity contribution < 1.29 is 4.79 Å². The van der Waals surface area contributed by atoms with E-state index in [1.807, 2.05) is 17.0 Å². The van der Waals surface area contributed by atoms with Crippen LogP contribution in [0.3, 0.4) is 0 Å². The van der Waals surface area contributed by atoms with Gasteiger partial charge in [-0.3, -0.25) is 9.69 Å². The molecule has 5 heteroatoms. The number of hydrogen-bond donors (Lipinski definition) is 1. The number of fused-ring (bicyclic) bond motifs is 4. The number of amides is 1. The number of halogens is 1. The summed E-state index contributed by atoms with van der Waals surface area (Å²) in [6.45, 7) is 3.41. The smallest absolute Gasteiger partial charge is 0.253 e. The van der Waals surface area contributed by atoms with Crippen molar-refractivity contribution in [2.45, 2.75) is 19.0 Å². The van der Waals surface area contributed by atoms with Gasteiger partial charge in [-0.15, -0.1) is 0 Å². The van der Waals surface area contributed by atoms with Gasteiger partial charge in [-0.25, -0.2) is 0 Å². The van der Waals surface area contributed by atoms with Crippen LogP contribution in [0.15, 0.2) is 48.5 Å². The Labute approximate surface area is 157 Å². The molecule has 0 spiro atoms. The first kappa shape index (κ1) is 15.9. The maximum absolute atomic E-state index is 12.9. The van der Waals surface area contributed by atoms with Gasteiger partial charge >= 0.3 is 0 Å². The second-order valence-corrected chi connectivity index (χ2v) is 7.65. The number of H-pyrrole nitrogens is 1. The highest BCUT2D eigenvalue weighted by Crippen LogP contribution is 2.31. The summed E-state index contributed by atoms with van der Waals surface area (Å²) in [5, 5.41) is 1.98. The molecular formula is C21H20ClN3O. The van der Waals surface area contributed by atoms with Crippen molar-refractivity contribution in [3.05, 3.63) is 70.4 Å². The van der Waals surface area contributed by atoms with Crippen LogP contribution >= 0.6 is 11.6 Å². The van der Waals surface area contributed by atoms with Gasteiger partial charge in [-0.2, -0.15) is 0 Å². The van der Waals surface area contributed by atoms with Crippen molar-refractivity contribution in [1.82, 2.24) is 14.8 Å². The number of nitrogens with one attached hydrogen (secondary N) is 1. The summed E-state index contributed by atoms with van der Waals surface area (Å²) >= 11 is 5.94. The lowest BCUT2D eigenvalue weighted by Gasteiger charge is -2.43. The lowest BCUT2D eigenvalue weighted by Crippen LogP contribution is -2.56. The number of carbonyl (C=O) groups is 1. The third-order valence-electron chi connectivity index (χ3n) is 5.69. The van der Waals surface area contributed by atoms with Crippen LogP contribution in [0.2, 0.25) is 5.02 Å². The molecule has 2 aliphatic rings. The van der Waals surface area contributed by atoms with Gasteiger partial charge in [-0.1, -0.05) is 29.8 Å². The molecule has 2 aliphatic heterocycles. The molecule has 1 aromatic heterocycles. The van der Waals surface area contributed by atoms with Crippen LogP contribution < -0.4 is 0 Å². The Morgan fingerprint density at radius 1 is 1.08 bits per heavy atom. The average Bonchev–Trinajstić information content (AvgIpc) is 3.03. The first-order valence-electron chi connectivity index (χ1n) is 9.06. The number of carbonyl (C=O) groups excluding carboxylic acids is 1. The van der Waals surface area contributed by atoms with Crippen LogP contribution in [0.5, 0.6) is 0 Å². The van der Waals surface area contributed by atoms with Gasteiger partial charge in [0.25, 0.3) is 5.91 Å². The summed E-state index contributed by atoms with van der Waals surface area (Å²) in [5.74, 6) is 0.103. The van der Waals surface area contributed by atoms with Crippen LogP contribution in [0, 0.1) is 0 Å². The average molecular weight is 366 g/mol. The van der Waals surface area contributed by atoms with Crippen molar-refractivity contribution in [2.24, 2.45) is 0 Å². The lowest BCUT2D eigenvalue weighted by molar-refractivity contribution is 0.0424. The third-order valence-corrected chi connectivity index (χ3v) is 5.94. The number of hydrogen-bond acceptors (Lipinski definition) is 2. The molecule has 0 saturated carbocycles. The lowest BCUT2D eigenvalue weighted by atomic mass is 9.94. The Kier molecular flexibility index (Phi) is 3.76. The molecule has 0 aliphatic carbocycles. The fourth-order valence-corrected chi connectivity index (χ4v) is 4.44. The Hall–Kier alpha value is -2.30. The standard InChI is InChI=1S/C21H20ClN3O/c22-15-7-5-14(6-8-15)21(26)25-10-9-24-13-20-18(11-16(24)12-25)17-3-1-2-4-19(17)23-20/h1-8,16,23H,9-13H2. The molecular weight excluding hydrogens is 346 g/mol. The van der Waals surface area contributed by atoms with E-state index in [9.17, 15) is 4.79 Å². The molecule has 1 fully saturated rings. The molecule has 2 aromatic carbocycles. The van der Waals surface area contributed by atoms with Gasteiger partial charge in [0.2, 0.25) is 0 Å². The number of para-hydroxylation sites is 1. The van der Waals surface area contributed by atoms with E-state index in [-0.39, 0.29) is 5.91 Å². The van der Waals surface area contributed by atoms with Crippen molar-refractivity contribution in [3.63, 3.8) is 0 Å². The van der Waals surface area contributed by atoms with Crippen molar-refractivity contribution in [1.29, 1.82) is 0 Å². The maximum atomic E-state index is 12.9. The van der Waals surface area contributed by atoms with Gasteiger partial charge in [-0.05, 0) is 42.3 Å².